The van der Waals surface area contributed by atoms with Crippen LogP contribution in [0.2, 0.25) is 0 Å². The summed E-state index contributed by atoms with van der Waals surface area (Å²) in [6, 6.07) is 8.35. The molecule has 3 N–H and O–H groups in total. The minimum atomic E-state index is -0.604. The summed E-state index contributed by atoms with van der Waals surface area (Å²) in [7, 11) is 0. The van der Waals surface area contributed by atoms with Crippen molar-refractivity contribution in [1.82, 2.24) is 5.32 Å². The predicted molar refractivity (Wildman–Crippen MR) is 84.5 cm³/mol. The first-order valence-corrected chi connectivity index (χ1v) is 7.20. The van der Waals surface area contributed by atoms with Gasteiger partial charge in [-0.1, -0.05) is 24.3 Å². The second-order valence-electron chi connectivity index (χ2n) is 6.85. The SMILES string of the molecule is Cc1ccccc1CC(C)NC(=O)C(C)(C)C(C)(C)N. The molecular weight excluding hydrogens is 248 g/mol. The number of rotatable bonds is 5. The minimum absolute atomic E-state index is 0.00563. The highest BCUT2D eigenvalue weighted by molar-refractivity contribution is 5.83. The van der Waals surface area contributed by atoms with E-state index in [9.17, 15) is 4.79 Å². The van der Waals surface area contributed by atoms with Gasteiger partial charge in [-0.3, -0.25) is 4.79 Å². The molecule has 0 saturated carbocycles. The number of aryl methyl sites for hydroxylation is 1. The highest BCUT2D eigenvalue weighted by Crippen LogP contribution is 2.28. The molecule has 0 aliphatic rings. The second kappa shape index (κ2) is 5.96. The molecule has 20 heavy (non-hydrogen) atoms. The van der Waals surface area contributed by atoms with Crippen LogP contribution in [0, 0.1) is 12.3 Å². The van der Waals surface area contributed by atoms with Crippen LogP contribution in [0.5, 0.6) is 0 Å². The highest BCUT2D eigenvalue weighted by Gasteiger charge is 2.40. The van der Waals surface area contributed by atoms with Gasteiger partial charge in [-0.15, -0.1) is 0 Å². The van der Waals surface area contributed by atoms with E-state index in [1.807, 2.05) is 46.8 Å². The summed E-state index contributed by atoms with van der Waals surface area (Å²) in [5.41, 5.74) is 7.47. The van der Waals surface area contributed by atoms with Gasteiger partial charge in [0.2, 0.25) is 5.91 Å². The van der Waals surface area contributed by atoms with Crippen molar-refractivity contribution in [3.05, 3.63) is 35.4 Å². The molecule has 1 aromatic rings. The summed E-state index contributed by atoms with van der Waals surface area (Å²) in [6.45, 7) is 11.7. The van der Waals surface area contributed by atoms with Gasteiger partial charge in [-0.25, -0.2) is 0 Å². The molecule has 3 nitrogen and oxygen atoms in total. The highest BCUT2D eigenvalue weighted by atomic mass is 16.2. The molecule has 0 radical (unpaired) electrons. The Morgan fingerprint density at radius 3 is 2.30 bits per heavy atom. The standard InChI is InChI=1S/C17H28N2O/c1-12-9-7-8-10-14(12)11-13(2)19-15(20)16(3,4)17(5,6)18/h7-10,13H,11,18H2,1-6H3,(H,19,20). The zero-order valence-electron chi connectivity index (χ0n) is 13.6. The fraction of sp³-hybridized carbons (Fsp3) is 0.588. The number of amides is 1. The minimum Gasteiger partial charge on any atom is -0.353 e. The van der Waals surface area contributed by atoms with Gasteiger partial charge in [0.05, 0.1) is 5.41 Å². The van der Waals surface area contributed by atoms with E-state index in [1.165, 1.54) is 11.1 Å². The van der Waals surface area contributed by atoms with E-state index in [2.05, 4.69) is 24.4 Å². The monoisotopic (exact) mass is 276 g/mol. The summed E-state index contributed by atoms with van der Waals surface area (Å²) in [6.07, 6.45) is 0.833. The molecular formula is C17H28N2O. The Bertz CT molecular complexity index is 472. The van der Waals surface area contributed by atoms with Crippen molar-refractivity contribution in [2.24, 2.45) is 11.1 Å². The van der Waals surface area contributed by atoms with Gasteiger partial charge in [0.1, 0.15) is 0 Å². The maximum absolute atomic E-state index is 12.4. The molecule has 1 amide bonds. The van der Waals surface area contributed by atoms with Crippen molar-refractivity contribution in [1.29, 1.82) is 0 Å². The van der Waals surface area contributed by atoms with Crippen LogP contribution in [0.15, 0.2) is 24.3 Å². The fourth-order valence-corrected chi connectivity index (χ4v) is 1.92. The number of nitrogens with one attached hydrogen (secondary N) is 1. The lowest BCUT2D eigenvalue weighted by molar-refractivity contribution is -0.132. The van der Waals surface area contributed by atoms with Crippen LogP contribution in [0.1, 0.15) is 45.7 Å². The third-order valence-electron chi connectivity index (χ3n) is 4.34. The van der Waals surface area contributed by atoms with Crippen LogP contribution in [-0.4, -0.2) is 17.5 Å². The number of nitrogens with two attached hydrogens (primary N) is 1. The molecule has 0 aliphatic heterocycles. The number of hydrogen-bond acceptors (Lipinski definition) is 2. The Morgan fingerprint density at radius 1 is 1.25 bits per heavy atom. The Labute approximate surface area is 122 Å². The van der Waals surface area contributed by atoms with E-state index in [0.717, 1.165) is 6.42 Å². The normalized spacial score (nSPS) is 13.9. The summed E-state index contributed by atoms with van der Waals surface area (Å²) in [5.74, 6) is 0.00563. The average Bonchev–Trinajstić information content (AvgIpc) is 2.30. The summed E-state index contributed by atoms with van der Waals surface area (Å²) >= 11 is 0. The number of hydrogen-bond donors (Lipinski definition) is 2. The Hall–Kier alpha value is -1.35. The van der Waals surface area contributed by atoms with E-state index in [4.69, 9.17) is 5.73 Å². The second-order valence-corrected chi connectivity index (χ2v) is 6.85. The van der Waals surface area contributed by atoms with Crippen molar-refractivity contribution < 1.29 is 4.79 Å². The van der Waals surface area contributed by atoms with Crippen LogP contribution < -0.4 is 11.1 Å². The molecule has 3 heteroatoms. The first kappa shape index (κ1) is 16.7. The molecule has 1 atom stereocenters. The summed E-state index contributed by atoms with van der Waals surface area (Å²) < 4.78 is 0. The third-order valence-corrected chi connectivity index (χ3v) is 4.34. The Morgan fingerprint density at radius 2 is 1.80 bits per heavy atom. The topological polar surface area (TPSA) is 55.1 Å². The van der Waals surface area contributed by atoms with Crippen LogP contribution in [-0.2, 0) is 11.2 Å². The maximum Gasteiger partial charge on any atom is 0.227 e. The van der Waals surface area contributed by atoms with Crippen molar-refractivity contribution >= 4 is 5.91 Å². The van der Waals surface area contributed by atoms with Gasteiger partial charge in [0.15, 0.2) is 0 Å². The molecule has 0 fully saturated rings. The molecule has 1 aromatic carbocycles. The number of benzene rings is 1. The first-order chi connectivity index (χ1) is 9.05. The zero-order valence-corrected chi connectivity index (χ0v) is 13.6. The van der Waals surface area contributed by atoms with Gasteiger partial charge >= 0.3 is 0 Å². The number of carbonyl (C=O) groups is 1. The lowest BCUT2D eigenvalue weighted by atomic mass is 9.74. The molecule has 0 saturated heterocycles. The van der Waals surface area contributed by atoms with E-state index in [0.29, 0.717) is 0 Å². The molecule has 0 bridgehead atoms. The summed E-state index contributed by atoms with van der Waals surface area (Å²) in [4.78, 5) is 12.4. The molecule has 1 unspecified atom stereocenters. The molecule has 0 spiro atoms. The van der Waals surface area contributed by atoms with Crippen LogP contribution in [0.4, 0.5) is 0 Å². The van der Waals surface area contributed by atoms with Gasteiger partial charge < -0.3 is 11.1 Å². The molecule has 0 aromatic heterocycles. The first-order valence-electron chi connectivity index (χ1n) is 7.20. The fourth-order valence-electron chi connectivity index (χ4n) is 1.92. The summed E-state index contributed by atoms with van der Waals surface area (Å²) in [5, 5.41) is 3.08. The van der Waals surface area contributed by atoms with Crippen molar-refractivity contribution in [3.63, 3.8) is 0 Å². The average molecular weight is 276 g/mol. The van der Waals surface area contributed by atoms with E-state index < -0.39 is 11.0 Å². The van der Waals surface area contributed by atoms with Gasteiger partial charge in [0.25, 0.3) is 0 Å². The molecule has 0 aliphatic carbocycles. The number of carbonyl (C=O) groups excluding carboxylic acids is 1. The van der Waals surface area contributed by atoms with Gasteiger partial charge in [0, 0.05) is 11.6 Å². The lowest BCUT2D eigenvalue weighted by Crippen LogP contribution is -2.57. The third kappa shape index (κ3) is 3.83. The Balaban J connectivity index is 2.70. The quantitative estimate of drug-likeness (QED) is 0.869. The Kier molecular flexibility index (Phi) is 4.98. The van der Waals surface area contributed by atoms with Crippen LogP contribution in [0.3, 0.4) is 0 Å². The van der Waals surface area contributed by atoms with Gasteiger partial charge in [-0.05, 0) is 59.1 Å². The van der Waals surface area contributed by atoms with Gasteiger partial charge in [-0.2, -0.15) is 0 Å². The van der Waals surface area contributed by atoms with Crippen molar-refractivity contribution in [2.45, 2.75) is 59.5 Å². The zero-order chi connectivity index (χ0) is 15.6. The van der Waals surface area contributed by atoms with Crippen LogP contribution in [0.25, 0.3) is 0 Å². The lowest BCUT2D eigenvalue weighted by Gasteiger charge is -2.37. The maximum atomic E-state index is 12.4. The molecule has 0 heterocycles. The molecule has 1 rings (SSSR count). The largest absolute Gasteiger partial charge is 0.353 e. The van der Waals surface area contributed by atoms with E-state index in [-0.39, 0.29) is 11.9 Å². The smallest absolute Gasteiger partial charge is 0.227 e. The van der Waals surface area contributed by atoms with Crippen LogP contribution >= 0.6 is 0 Å². The predicted octanol–water partition coefficient (Wildman–Crippen LogP) is 2.81. The van der Waals surface area contributed by atoms with E-state index in [1.54, 1.807) is 0 Å². The molecule has 112 valence electrons. The van der Waals surface area contributed by atoms with E-state index >= 15 is 0 Å². The van der Waals surface area contributed by atoms with Crippen molar-refractivity contribution in [2.75, 3.05) is 0 Å². The van der Waals surface area contributed by atoms with Crippen molar-refractivity contribution in [3.8, 4) is 0 Å².